The fourth-order valence-corrected chi connectivity index (χ4v) is 4.84. The van der Waals surface area contributed by atoms with Crippen LogP contribution in [0.5, 0.6) is 0 Å². The molecule has 1 saturated heterocycles. The smallest absolute Gasteiger partial charge is 0.250 e. The van der Waals surface area contributed by atoms with Gasteiger partial charge < -0.3 is 24.7 Å². The molecule has 7 nitrogen and oxygen atoms in total. The van der Waals surface area contributed by atoms with Gasteiger partial charge in [0.05, 0.1) is 22.4 Å². The average molecular weight is 537 g/mol. The van der Waals surface area contributed by atoms with Gasteiger partial charge in [-0.15, -0.1) is 0 Å². The molecule has 0 aliphatic carbocycles. The van der Waals surface area contributed by atoms with Gasteiger partial charge in [0.1, 0.15) is 30.0 Å². The van der Waals surface area contributed by atoms with Crippen LogP contribution in [-0.2, 0) is 9.53 Å². The zero-order valence-corrected chi connectivity index (χ0v) is 21.2. The minimum absolute atomic E-state index is 0.0824. The van der Waals surface area contributed by atoms with E-state index in [2.05, 4.69) is 15.6 Å². The Bertz CT molecular complexity index is 1430. The molecule has 4 aromatic rings. The molecule has 188 valence electrons. The number of halogens is 2. The summed E-state index contributed by atoms with van der Waals surface area (Å²) in [5.41, 5.74) is 2.70. The van der Waals surface area contributed by atoms with Gasteiger partial charge in [-0.3, -0.25) is 9.78 Å². The molecule has 2 aromatic heterocycles. The van der Waals surface area contributed by atoms with Gasteiger partial charge in [0.2, 0.25) is 5.91 Å². The summed E-state index contributed by atoms with van der Waals surface area (Å²) in [5.74, 6) is 0.603. The van der Waals surface area contributed by atoms with Crippen LogP contribution in [-0.4, -0.2) is 29.7 Å². The first-order valence-electron chi connectivity index (χ1n) is 11.4. The lowest BCUT2D eigenvalue weighted by Crippen LogP contribution is -2.29. The van der Waals surface area contributed by atoms with Crippen molar-refractivity contribution in [1.29, 1.82) is 0 Å². The van der Waals surface area contributed by atoms with Crippen LogP contribution < -0.4 is 15.5 Å². The maximum atomic E-state index is 13.4. The molecule has 2 aromatic carbocycles. The molecule has 1 amide bonds. The Morgan fingerprint density at radius 2 is 2.00 bits per heavy atom. The fourth-order valence-electron chi connectivity index (χ4n) is 4.28. The predicted octanol–water partition coefficient (Wildman–Crippen LogP) is 5.90. The van der Waals surface area contributed by atoms with E-state index in [1.807, 2.05) is 41.3 Å². The molecule has 10 heteroatoms. The molecule has 3 heterocycles. The molecule has 1 fully saturated rings. The highest BCUT2D eigenvalue weighted by Crippen LogP contribution is 2.44. The van der Waals surface area contributed by atoms with Crippen molar-refractivity contribution >= 4 is 46.2 Å². The molecular weight excluding hydrogens is 515 g/mol. The number of anilines is 2. The van der Waals surface area contributed by atoms with Crippen LogP contribution in [0.25, 0.3) is 11.3 Å². The molecule has 0 saturated carbocycles. The number of benzene rings is 2. The average Bonchev–Trinajstić information content (AvgIpc) is 3.51. The zero-order valence-electron chi connectivity index (χ0n) is 19.7. The van der Waals surface area contributed by atoms with Crippen LogP contribution in [0.4, 0.5) is 15.8 Å². The second-order valence-corrected chi connectivity index (χ2v) is 9.14. The largest absolute Gasteiger partial charge is 0.459 e. The lowest BCUT2D eigenvalue weighted by molar-refractivity contribution is -0.119. The van der Waals surface area contributed by atoms with Crippen LogP contribution >= 0.6 is 23.8 Å². The van der Waals surface area contributed by atoms with Crippen molar-refractivity contribution in [2.24, 2.45) is 0 Å². The first kappa shape index (κ1) is 24.9. The zero-order chi connectivity index (χ0) is 25.9. The van der Waals surface area contributed by atoms with Crippen molar-refractivity contribution < 1.29 is 18.3 Å². The number of hydrogen-bond donors (Lipinski definition) is 2. The molecule has 0 unspecified atom stereocenters. The van der Waals surface area contributed by atoms with Gasteiger partial charge in [0, 0.05) is 24.6 Å². The lowest BCUT2D eigenvalue weighted by Gasteiger charge is -2.26. The third-order valence-electron chi connectivity index (χ3n) is 5.93. The van der Waals surface area contributed by atoms with Gasteiger partial charge in [0.15, 0.2) is 5.11 Å². The molecule has 5 rings (SSSR count). The second kappa shape index (κ2) is 10.7. The van der Waals surface area contributed by atoms with Crippen molar-refractivity contribution in [1.82, 2.24) is 10.3 Å². The highest BCUT2D eigenvalue weighted by Gasteiger charge is 2.42. The minimum atomic E-state index is -0.401. The molecular formula is C27H22ClFN4O3S. The summed E-state index contributed by atoms with van der Waals surface area (Å²) in [4.78, 5) is 18.4. The Morgan fingerprint density at radius 1 is 1.19 bits per heavy atom. The lowest BCUT2D eigenvalue weighted by atomic mass is 10.0. The Labute approximate surface area is 223 Å². The van der Waals surface area contributed by atoms with Crippen molar-refractivity contribution in [2.75, 3.05) is 23.9 Å². The van der Waals surface area contributed by atoms with E-state index in [0.29, 0.717) is 33.0 Å². The van der Waals surface area contributed by atoms with E-state index in [1.54, 1.807) is 30.5 Å². The number of pyridine rings is 1. The van der Waals surface area contributed by atoms with Gasteiger partial charge in [0.25, 0.3) is 0 Å². The Hall–Kier alpha value is -3.79. The third-order valence-corrected chi connectivity index (χ3v) is 6.55. The van der Waals surface area contributed by atoms with Gasteiger partial charge >= 0.3 is 0 Å². The summed E-state index contributed by atoms with van der Waals surface area (Å²) in [5, 5.41) is 6.90. The first-order chi connectivity index (χ1) is 17.9. The number of furan rings is 1. The predicted molar refractivity (Wildman–Crippen MR) is 144 cm³/mol. The topological polar surface area (TPSA) is 79.6 Å². The number of amides is 1. The van der Waals surface area contributed by atoms with Gasteiger partial charge in [-0.2, -0.15) is 0 Å². The number of nitrogens with zero attached hydrogens (tertiary/aromatic N) is 2. The van der Waals surface area contributed by atoms with E-state index in [0.717, 1.165) is 11.3 Å². The summed E-state index contributed by atoms with van der Waals surface area (Å²) in [6, 6.07) is 20.1. The first-order valence-corrected chi connectivity index (χ1v) is 12.2. The maximum Gasteiger partial charge on any atom is 0.250 e. The summed E-state index contributed by atoms with van der Waals surface area (Å²) < 4.78 is 24.6. The maximum absolute atomic E-state index is 13.4. The number of carbonyl (C=O) groups excluding carboxylic acids is 1. The minimum Gasteiger partial charge on any atom is -0.459 e. The van der Waals surface area contributed by atoms with E-state index in [-0.39, 0.29) is 24.4 Å². The third kappa shape index (κ3) is 5.20. The van der Waals surface area contributed by atoms with Crippen LogP contribution in [0.15, 0.2) is 83.4 Å². The molecule has 1 aliphatic heterocycles. The second-order valence-electron chi connectivity index (χ2n) is 8.35. The van der Waals surface area contributed by atoms with E-state index >= 15 is 0 Å². The quantitative estimate of drug-likeness (QED) is 0.285. The summed E-state index contributed by atoms with van der Waals surface area (Å²) in [6.45, 7) is -0.0824. The highest BCUT2D eigenvalue weighted by atomic mass is 35.5. The summed E-state index contributed by atoms with van der Waals surface area (Å²) in [7, 11) is 1.44. The number of nitrogens with one attached hydrogen (secondary N) is 2. The molecule has 2 atom stereocenters. The Balaban J connectivity index is 1.53. The number of hydrogen-bond acceptors (Lipinski definition) is 5. The summed E-state index contributed by atoms with van der Waals surface area (Å²) in [6.07, 6.45) is 1.72. The van der Waals surface area contributed by atoms with Gasteiger partial charge in [-0.1, -0.05) is 17.7 Å². The number of ether oxygens (including phenoxy) is 1. The summed E-state index contributed by atoms with van der Waals surface area (Å²) >= 11 is 12.3. The number of rotatable bonds is 7. The molecule has 0 bridgehead atoms. The Kier molecular flexibility index (Phi) is 7.18. The van der Waals surface area contributed by atoms with Crippen LogP contribution in [0, 0.1) is 5.82 Å². The van der Waals surface area contributed by atoms with Crippen molar-refractivity contribution in [3.05, 3.63) is 101 Å². The number of carbonyl (C=O) groups is 1. The van der Waals surface area contributed by atoms with Crippen molar-refractivity contribution in [3.8, 4) is 11.3 Å². The molecule has 0 spiro atoms. The van der Waals surface area contributed by atoms with Crippen LogP contribution in [0.3, 0.4) is 0 Å². The van der Waals surface area contributed by atoms with Gasteiger partial charge in [-0.25, -0.2) is 4.39 Å². The molecule has 2 N–H and O–H groups in total. The van der Waals surface area contributed by atoms with E-state index in [9.17, 15) is 9.18 Å². The molecule has 37 heavy (non-hydrogen) atoms. The van der Waals surface area contributed by atoms with Crippen LogP contribution in [0.2, 0.25) is 5.02 Å². The van der Waals surface area contributed by atoms with Crippen LogP contribution in [0.1, 0.15) is 23.5 Å². The van der Waals surface area contributed by atoms with E-state index < -0.39 is 6.04 Å². The SMILES string of the molecule is COCC(=O)Nc1ccc(N2C(=S)N[C@H](c3ccccn3)[C@@H]2c2ccc(-c3ccc(F)cc3)o2)cc1Cl. The van der Waals surface area contributed by atoms with E-state index in [4.69, 9.17) is 33.0 Å². The highest BCUT2D eigenvalue weighted by molar-refractivity contribution is 7.80. The monoisotopic (exact) mass is 536 g/mol. The van der Waals surface area contributed by atoms with Gasteiger partial charge in [-0.05, 0) is 78.9 Å². The normalized spacial score (nSPS) is 17.1. The number of thiocarbonyl (C=S) groups is 1. The van der Waals surface area contributed by atoms with Crippen molar-refractivity contribution in [3.63, 3.8) is 0 Å². The standard InChI is InChI=1S/C27H22ClFN4O3S/c1-35-15-24(34)31-20-10-9-18(14-19(20)28)33-26(25(32-27(33)37)21-4-2-3-13-30-21)23-12-11-22(36-23)16-5-7-17(29)8-6-16/h2-14,25-26H,15H2,1H3,(H,31,34)(H,32,37)/t25-,26+/m1/s1. The fraction of sp³-hybridized carbons (Fsp3) is 0.148. The number of methoxy groups -OCH3 is 1. The Morgan fingerprint density at radius 3 is 2.70 bits per heavy atom. The number of aromatic nitrogens is 1. The molecule has 1 aliphatic rings. The van der Waals surface area contributed by atoms with Crippen molar-refractivity contribution in [2.45, 2.75) is 12.1 Å². The molecule has 0 radical (unpaired) electrons. The van der Waals surface area contributed by atoms with E-state index in [1.165, 1.54) is 19.2 Å².